The second kappa shape index (κ2) is 4.44. The Balaban J connectivity index is 2.25. The SMILES string of the molecule is CCc1ccc(S(=O)(=O)N2CCC(O)C2)s1. The van der Waals surface area contributed by atoms with E-state index < -0.39 is 16.1 Å². The van der Waals surface area contributed by atoms with Gasteiger partial charge in [-0.25, -0.2) is 8.42 Å². The van der Waals surface area contributed by atoms with Crippen LogP contribution in [0.2, 0.25) is 0 Å². The van der Waals surface area contributed by atoms with Crippen LogP contribution in [0.1, 0.15) is 18.2 Å². The number of aliphatic hydroxyl groups is 1. The molecule has 0 aliphatic carbocycles. The molecule has 1 aliphatic rings. The normalized spacial score (nSPS) is 22.8. The van der Waals surface area contributed by atoms with Crippen molar-refractivity contribution in [2.75, 3.05) is 13.1 Å². The first-order valence-corrected chi connectivity index (χ1v) is 7.56. The Hall–Kier alpha value is -0.430. The van der Waals surface area contributed by atoms with Gasteiger partial charge in [0, 0.05) is 18.0 Å². The number of sulfonamides is 1. The number of rotatable bonds is 3. The molecule has 2 rings (SSSR count). The summed E-state index contributed by atoms with van der Waals surface area (Å²) in [6, 6.07) is 3.51. The molecule has 1 unspecified atom stereocenters. The lowest BCUT2D eigenvalue weighted by molar-refractivity contribution is 0.189. The number of hydrogen-bond donors (Lipinski definition) is 1. The average molecular weight is 261 g/mol. The van der Waals surface area contributed by atoms with Gasteiger partial charge in [0.1, 0.15) is 4.21 Å². The number of hydrogen-bond acceptors (Lipinski definition) is 4. The third-order valence-corrected chi connectivity index (χ3v) is 6.27. The van der Waals surface area contributed by atoms with E-state index >= 15 is 0 Å². The predicted molar refractivity (Wildman–Crippen MR) is 63.1 cm³/mol. The molecule has 0 aromatic carbocycles. The Kier molecular flexibility index (Phi) is 3.34. The minimum atomic E-state index is -3.37. The Morgan fingerprint density at radius 2 is 2.31 bits per heavy atom. The molecule has 1 aromatic heterocycles. The van der Waals surface area contributed by atoms with Crippen molar-refractivity contribution < 1.29 is 13.5 Å². The van der Waals surface area contributed by atoms with Gasteiger partial charge in [-0.15, -0.1) is 11.3 Å². The van der Waals surface area contributed by atoms with Crippen molar-refractivity contribution in [2.45, 2.75) is 30.1 Å². The fraction of sp³-hybridized carbons (Fsp3) is 0.600. The Morgan fingerprint density at radius 3 is 2.81 bits per heavy atom. The second-order valence-electron chi connectivity index (χ2n) is 3.88. The summed E-state index contributed by atoms with van der Waals surface area (Å²) in [4.78, 5) is 1.07. The van der Waals surface area contributed by atoms with Gasteiger partial charge in [0.2, 0.25) is 0 Å². The first-order valence-electron chi connectivity index (χ1n) is 5.31. The lowest BCUT2D eigenvalue weighted by atomic mass is 10.3. The molecule has 6 heteroatoms. The maximum atomic E-state index is 12.1. The van der Waals surface area contributed by atoms with Crippen molar-refractivity contribution in [3.63, 3.8) is 0 Å². The van der Waals surface area contributed by atoms with Gasteiger partial charge < -0.3 is 5.11 Å². The molecule has 1 atom stereocenters. The van der Waals surface area contributed by atoms with Crippen molar-refractivity contribution in [3.8, 4) is 0 Å². The Labute approximate surface area is 99.6 Å². The molecule has 90 valence electrons. The Morgan fingerprint density at radius 1 is 1.56 bits per heavy atom. The van der Waals surface area contributed by atoms with Gasteiger partial charge in [0.15, 0.2) is 0 Å². The van der Waals surface area contributed by atoms with Crippen LogP contribution in [0.4, 0.5) is 0 Å². The van der Waals surface area contributed by atoms with E-state index in [4.69, 9.17) is 0 Å². The van der Waals surface area contributed by atoms with Crippen molar-refractivity contribution in [2.24, 2.45) is 0 Å². The zero-order valence-electron chi connectivity index (χ0n) is 9.09. The predicted octanol–water partition coefficient (Wildman–Crippen LogP) is 1.07. The smallest absolute Gasteiger partial charge is 0.252 e. The van der Waals surface area contributed by atoms with E-state index in [1.807, 2.05) is 13.0 Å². The zero-order valence-corrected chi connectivity index (χ0v) is 10.7. The summed E-state index contributed by atoms with van der Waals surface area (Å²) < 4.78 is 26.0. The topological polar surface area (TPSA) is 57.6 Å². The highest BCUT2D eigenvalue weighted by Crippen LogP contribution is 2.27. The summed E-state index contributed by atoms with van der Waals surface area (Å²) in [5.41, 5.74) is 0. The quantitative estimate of drug-likeness (QED) is 0.885. The maximum Gasteiger partial charge on any atom is 0.252 e. The molecule has 1 N–H and O–H groups in total. The monoisotopic (exact) mass is 261 g/mol. The standard InChI is InChI=1S/C10H15NO3S2/c1-2-9-3-4-10(15-9)16(13,14)11-6-5-8(12)7-11/h3-4,8,12H,2,5-7H2,1H3. The molecular formula is C10H15NO3S2. The van der Waals surface area contributed by atoms with E-state index in [-0.39, 0.29) is 6.54 Å². The maximum absolute atomic E-state index is 12.1. The number of nitrogens with zero attached hydrogens (tertiary/aromatic N) is 1. The van der Waals surface area contributed by atoms with Gasteiger partial charge in [0.25, 0.3) is 10.0 Å². The van der Waals surface area contributed by atoms with E-state index in [9.17, 15) is 13.5 Å². The minimum Gasteiger partial charge on any atom is -0.392 e. The van der Waals surface area contributed by atoms with E-state index in [2.05, 4.69) is 0 Å². The van der Waals surface area contributed by atoms with Crippen molar-refractivity contribution in [1.82, 2.24) is 4.31 Å². The molecule has 1 saturated heterocycles. The summed E-state index contributed by atoms with van der Waals surface area (Å²) >= 11 is 1.32. The third kappa shape index (κ3) is 2.15. The molecule has 0 bridgehead atoms. The van der Waals surface area contributed by atoms with Crippen LogP contribution in [-0.2, 0) is 16.4 Å². The van der Waals surface area contributed by atoms with Gasteiger partial charge in [-0.05, 0) is 25.0 Å². The number of aryl methyl sites for hydroxylation is 1. The van der Waals surface area contributed by atoms with Crippen LogP contribution in [0.3, 0.4) is 0 Å². The van der Waals surface area contributed by atoms with E-state index in [1.165, 1.54) is 15.6 Å². The third-order valence-electron chi connectivity index (χ3n) is 2.71. The van der Waals surface area contributed by atoms with Gasteiger partial charge in [-0.1, -0.05) is 6.92 Å². The molecule has 1 fully saturated rings. The van der Waals surface area contributed by atoms with Crippen LogP contribution >= 0.6 is 11.3 Å². The molecule has 2 heterocycles. The number of thiophene rings is 1. The van der Waals surface area contributed by atoms with Crippen molar-refractivity contribution in [3.05, 3.63) is 17.0 Å². The molecule has 1 aromatic rings. The van der Waals surface area contributed by atoms with Gasteiger partial charge >= 0.3 is 0 Å². The molecule has 0 spiro atoms. The summed E-state index contributed by atoms with van der Waals surface area (Å²) in [7, 11) is -3.37. The average Bonchev–Trinajstić information content (AvgIpc) is 2.85. The van der Waals surface area contributed by atoms with Gasteiger partial charge in [-0.2, -0.15) is 4.31 Å². The minimum absolute atomic E-state index is 0.224. The first kappa shape index (κ1) is 12.0. The lowest BCUT2D eigenvalue weighted by Crippen LogP contribution is -2.29. The zero-order chi connectivity index (χ0) is 11.8. The highest BCUT2D eigenvalue weighted by atomic mass is 32.2. The molecular weight excluding hydrogens is 246 g/mol. The second-order valence-corrected chi connectivity index (χ2v) is 7.21. The lowest BCUT2D eigenvalue weighted by Gasteiger charge is -2.13. The summed E-state index contributed by atoms with van der Waals surface area (Å²) in [5, 5.41) is 9.36. The van der Waals surface area contributed by atoms with Crippen molar-refractivity contribution in [1.29, 1.82) is 0 Å². The van der Waals surface area contributed by atoms with E-state index in [0.29, 0.717) is 17.2 Å². The van der Waals surface area contributed by atoms with Crippen molar-refractivity contribution >= 4 is 21.4 Å². The van der Waals surface area contributed by atoms with Gasteiger partial charge in [-0.3, -0.25) is 0 Å². The van der Waals surface area contributed by atoms with Crippen LogP contribution in [-0.4, -0.2) is 37.0 Å². The molecule has 0 saturated carbocycles. The molecule has 0 radical (unpaired) electrons. The highest BCUT2D eigenvalue weighted by molar-refractivity contribution is 7.91. The number of β-amino-alcohol motifs (C(OH)–C–C–N with tert-alkyl or cyclic N) is 1. The van der Waals surface area contributed by atoms with E-state index in [0.717, 1.165) is 11.3 Å². The summed E-state index contributed by atoms with van der Waals surface area (Å²) in [6.07, 6.45) is 0.869. The summed E-state index contributed by atoms with van der Waals surface area (Å²) in [6.45, 7) is 2.65. The highest BCUT2D eigenvalue weighted by Gasteiger charge is 2.32. The summed E-state index contributed by atoms with van der Waals surface area (Å²) in [5.74, 6) is 0. The first-order chi connectivity index (χ1) is 7.54. The molecule has 16 heavy (non-hydrogen) atoms. The fourth-order valence-electron chi connectivity index (χ4n) is 1.74. The van der Waals surface area contributed by atoms with E-state index in [1.54, 1.807) is 6.07 Å². The van der Waals surface area contributed by atoms with Crippen LogP contribution < -0.4 is 0 Å². The number of aliphatic hydroxyl groups excluding tert-OH is 1. The fourth-order valence-corrected chi connectivity index (χ4v) is 4.69. The van der Waals surface area contributed by atoms with Crippen LogP contribution in [0.5, 0.6) is 0 Å². The van der Waals surface area contributed by atoms with Crippen LogP contribution in [0, 0.1) is 0 Å². The Bertz CT molecular complexity index is 466. The molecule has 1 aliphatic heterocycles. The molecule has 0 amide bonds. The van der Waals surface area contributed by atoms with Crippen LogP contribution in [0.15, 0.2) is 16.3 Å². The van der Waals surface area contributed by atoms with Crippen LogP contribution in [0.25, 0.3) is 0 Å². The largest absolute Gasteiger partial charge is 0.392 e. The molecule has 4 nitrogen and oxygen atoms in total. The van der Waals surface area contributed by atoms with Gasteiger partial charge in [0.05, 0.1) is 6.10 Å².